The van der Waals surface area contributed by atoms with Gasteiger partial charge in [0.1, 0.15) is 6.04 Å². The van der Waals surface area contributed by atoms with E-state index in [1.165, 1.54) is 0 Å². The highest BCUT2D eigenvalue weighted by atomic mass is 16.5. The average molecular weight is 382 g/mol. The molecule has 0 bridgehead atoms. The molecular formula is C22H26N2O4. The van der Waals surface area contributed by atoms with Gasteiger partial charge in [-0.3, -0.25) is 14.5 Å². The zero-order valence-corrected chi connectivity index (χ0v) is 16.5. The van der Waals surface area contributed by atoms with Crippen molar-refractivity contribution in [3.05, 3.63) is 53.6 Å². The topological polar surface area (TPSA) is 67.9 Å². The van der Waals surface area contributed by atoms with Gasteiger partial charge < -0.3 is 14.8 Å². The number of rotatable bonds is 7. The average Bonchev–Trinajstić information content (AvgIpc) is 3.12. The molecule has 0 saturated heterocycles. The van der Waals surface area contributed by atoms with Crippen molar-refractivity contribution in [1.29, 1.82) is 0 Å². The number of hydrogen-bond donors (Lipinski definition) is 1. The second kappa shape index (κ2) is 8.78. The predicted octanol–water partition coefficient (Wildman–Crippen LogP) is 2.73. The van der Waals surface area contributed by atoms with Crippen molar-refractivity contribution in [2.45, 2.75) is 32.2 Å². The van der Waals surface area contributed by atoms with Gasteiger partial charge in [0.05, 0.1) is 14.2 Å². The Morgan fingerprint density at radius 1 is 1.11 bits per heavy atom. The maximum Gasteiger partial charge on any atom is 0.243 e. The molecule has 0 spiro atoms. The van der Waals surface area contributed by atoms with Crippen LogP contribution in [-0.2, 0) is 22.4 Å². The number of hydrogen-bond acceptors (Lipinski definition) is 4. The molecule has 0 fully saturated rings. The van der Waals surface area contributed by atoms with E-state index in [0.29, 0.717) is 37.3 Å². The smallest absolute Gasteiger partial charge is 0.243 e. The van der Waals surface area contributed by atoms with Crippen LogP contribution >= 0.6 is 0 Å². The van der Waals surface area contributed by atoms with E-state index in [1.807, 2.05) is 49.4 Å². The number of carbonyl (C=O) groups is 2. The quantitative estimate of drug-likeness (QED) is 0.800. The molecule has 1 aliphatic rings. The van der Waals surface area contributed by atoms with E-state index in [9.17, 15) is 9.59 Å². The first-order valence-corrected chi connectivity index (χ1v) is 9.47. The Kier molecular flexibility index (Phi) is 6.19. The number of fused-ring (bicyclic) bond motifs is 1. The number of methoxy groups -OCH3 is 2. The van der Waals surface area contributed by atoms with Gasteiger partial charge in [0.15, 0.2) is 11.5 Å². The van der Waals surface area contributed by atoms with Crippen LogP contribution in [-0.4, -0.2) is 38.6 Å². The first-order valence-electron chi connectivity index (χ1n) is 9.47. The van der Waals surface area contributed by atoms with Crippen LogP contribution in [0.2, 0.25) is 0 Å². The van der Waals surface area contributed by atoms with Crippen LogP contribution < -0.4 is 19.7 Å². The SMILES string of the molecule is CCC(=O)N1c2ccccc2C[C@@H]1C(=O)NCCc1ccc(OC)c(OC)c1. The van der Waals surface area contributed by atoms with Gasteiger partial charge >= 0.3 is 0 Å². The highest BCUT2D eigenvalue weighted by molar-refractivity contribution is 6.03. The summed E-state index contributed by atoms with van der Waals surface area (Å²) in [5.41, 5.74) is 2.91. The largest absolute Gasteiger partial charge is 0.493 e. The molecule has 6 heteroatoms. The van der Waals surface area contributed by atoms with E-state index in [-0.39, 0.29) is 11.8 Å². The Morgan fingerprint density at radius 2 is 1.86 bits per heavy atom. The third-order valence-corrected chi connectivity index (χ3v) is 5.01. The summed E-state index contributed by atoms with van der Waals surface area (Å²) in [6, 6.07) is 12.9. The molecule has 1 aliphatic heterocycles. The summed E-state index contributed by atoms with van der Waals surface area (Å²) in [6.07, 6.45) is 1.57. The molecule has 2 aromatic rings. The third-order valence-electron chi connectivity index (χ3n) is 5.01. The van der Waals surface area contributed by atoms with Crippen LogP contribution in [0.4, 0.5) is 5.69 Å². The molecule has 148 valence electrons. The standard InChI is InChI=1S/C22H26N2O4/c1-4-21(25)24-17-8-6-5-7-16(17)14-18(24)22(26)23-12-11-15-9-10-19(27-2)20(13-15)28-3/h5-10,13,18H,4,11-12,14H2,1-3H3,(H,23,26)/t18-/m1/s1. The van der Waals surface area contributed by atoms with E-state index >= 15 is 0 Å². The summed E-state index contributed by atoms with van der Waals surface area (Å²) < 4.78 is 10.6. The van der Waals surface area contributed by atoms with Crippen LogP contribution in [0.15, 0.2) is 42.5 Å². The Labute approximate surface area is 165 Å². The molecule has 2 amide bonds. The number of amides is 2. The molecule has 0 aliphatic carbocycles. The fourth-order valence-electron chi connectivity index (χ4n) is 3.56. The fraction of sp³-hybridized carbons (Fsp3) is 0.364. The summed E-state index contributed by atoms with van der Waals surface area (Å²) in [5, 5.41) is 2.98. The molecule has 0 saturated carbocycles. The minimum atomic E-state index is -0.491. The Balaban J connectivity index is 1.64. The Bertz CT molecular complexity index is 865. The normalized spacial score (nSPS) is 15.1. The molecule has 1 atom stereocenters. The van der Waals surface area contributed by atoms with Crippen LogP contribution in [0.3, 0.4) is 0 Å². The molecule has 0 aromatic heterocycles. The Morgan fingerprint density at radius 3 is 2.57 bits per heavy atom. The third kappa shape index (κ3) is 3.96. The lowest BCUT2D eigenvalue weighted by atomic mass is 10.1. The van der Waals surface area contributed by atoms with Gasteiger partial charge in [-0.25, -0.2) is 0 Å². The molecule has 6 nitrogen and oxygen atoms in total. The lowest BCUT2D eigenvalue weighted by molar-refractivity contribution is -0.126. The zero-order valence-electron chi connectivity index (χ0n) is 16.5. The highest BCUT2D eigenvalue weighted by Gasteiger charge is 2.37. The summed E-state index contributed by atoms with van der Waals surface area (Å²) in [4.78, 5) is 26.9. The van der Waals surface area contributed by atoms with Gasteiger partial charge in [-0.15, -0.1) is 0 Å². The molecule has 0 unspecified atom stereocenters. The number of ether oxygens (including phenoxy) is 2. The van der Waals surface area contributed by atoms with E-state index in [1.54, 1.807) is 19.1 Å². The van der Waals surface area contributed by atoms with Gasteiger partial charge in [-0.05, 0) is 35.7 Å². The lowest BCUT2D eigenvalue weighted by Crippen LogP contribution is -2.48. The van der Waals surface area contributed by atoms with Gasteiger partial charge in [-0.2, -0.15) is 0 Å². The summed E-state index contributed by atoms with van der Waals surface area (Å²) in [5.74, 6) is 1.17. The van der Waals surface area contributed by atoms with Crippen molar-refractivity contribution in [1.82, 2.24) is 5.32 Å². The van der Waals surface area contributed by atoms with Crippen molar-refractivity contribution in [3.8, 4) is 11.5 Å². The second-order valence-electron chi connectivity index (χ2n) is 6.70. The minimum absolute atomic E-state index is 0.0370. The number of para-hydroxylation sites is 1. The zero-order chi connectivity index (χ0) is 20.1. The molecule has 3 rings (SSSR count). The number of nitrogens with one attached hydrogen (secondary N) is 1. The molecule has 1 heterocycles. The van der Waals surface area contributed by atoms with E-state index in [2.05, 4.69) is 5.32 Å². The van der Waals surface area contributed by atoms with E-state index < -0.39 is 6.04 Å². The molecule has 0 radical (unpaired) electrons. The van der Waals surface area contributed by atoms with Gasteiger partial charge in [0.25, 0.3) is 0 Å². The van der Waals surface area contributed by atoms with Crippen molar-refractivity contribution in [3.63, 3.8) is 0 Å². The summed E-state index contributed by atoms with van der Waals surface area (Å²) >= 11 is 0. The summed E-state index contributed by atoms with van der Waals surface area (Å²) in [6.45, 7) is 2.30. The van der Waals surface area contributed by atoms with Crippen molar-refractivity contribution in [2.24, 2.45) is 0 Å². The van der Waals surface area contributed by atoms with Crippen molar-refractivity contribution >= 4 is 17.5 Å². The fourth-order valence-corrected chi connectivity index (χ4v) is 3.56. The van der Waals surface area contributed by atoms with E-state index in [0.717, 1.165) is 16.8 Å². The second-order valence-corrected chi connectivity index (χ2v) is 6.70. The molecule has 28 heavy (non-hydrogen) atoms. The minimum Gasteiger partial charge on any atom is -0.493 e. The van der Waals surface area contributed by atoms with Crippen LogP contribution in [0, 0.1) is 0 Å². The van der Waals surface area contributed by atoms with Gasteiger partial charge in [0.2, 0.25) is 11.8 Å². The predicted molar refractivity (Wildman–Crippen MR) is 108 cm³/mol. The van der Waals surface area contributed by atoms with Crippen LogP contribution in [0.25, 0.3) is 0 Å². The monoisotopic (exact) mass is 382 g/mol. The molecule has 2 aromatic carbocycles. The van der Waals surface area contributed by atoms with Gasteiger partial charge in [-0.1, -0.05) is 31.2 Å². The van der Waals surface area contributed by atoms with Crippen molar-refractivity contribution in [2.75, 3.05) is 25.7 Å². The number of anilines is 1. The molecule has 1 N–H and O–H groups in total. The summed E-state index contributed by atoms with van der Waals surface area (Å²) in [7, 11) is 3.20. The van der Waals surface area contributed by atoms with Crippen LogP contribution in [0.5, 0.6) is 11.5 Å². The number of carbonyl (C=O) groups excluding carboxylic acids is 2. The van der Waals surface area contributed by atoms with Crippen LogP contribution in [0.1, 0.15) is 24.5 Å². The number of nitrogens with zero attached hydrogens (tertiary/aromatic N) is 1. The Hall–Kier alpha value is -3.02. The first kappa shape index (κ1) is 19.7. The first-order chi connectivity index (χ1) is 13.6. The van der Waals surface area contributed by atoms with Crippen molar-refractivity contribution < 1.29 is 19.1 Å². The lowest BCUT2D eigenvalue weighted by Gasteiger charge is -2.24. The maximum atomic E-state index is 12.8. The number of benzene rings is 2. The highest BCUT2D eigenvalue weighted by Crippen LogP contribution is 2.32. The van der Waals surface area contributed by atoms with Gasteiger partial charge in [0, 0.05) is 25.1 Å². The molecular weight excluding hydrogens is 356 g/mol. The maximum absolute atomic E-state index is 12.8. The van der Waals surface area contributed by atoms with E-state index in [4.69, 9.17) is 9.47 Å².